The van der Waals surface area contributed by atoms with Gasteiger partial charge in [-0.2, -0.15) is 0 Å². The van der Waals surface area contributed by atoms with Crippen LogP contribution in [0.15, 0.2) is 91.5 Å². The smallest absolute Gasteiger partial charge is 0.334 e. The average molecular weight is 399 g/mol. The minimum atomic E-state index is -0.514. The first kappa shape index (κ1) is 18.8. The normalized spacial score (nSPS) is 10.3. The van der Waals surface area contributed by atoms with Crippen LogP contribution < -0.4 is 15.8 Å². The Morgan fingerprint density at radius 1 is 0.800 bits per heavy atom. The zero-order valence-electron chi connectivity index (χ0n) is 15.7. The van der Waals surface area contributed by atoms with E-state index in [-0.39, 0.29) is 17.3 Å². The average Bonchev–Trinajstić information content (AvgIpc) is 2.79. The molecule has 0 aliphatic heterocycles. The molecule has 0 spiro atoms. The summed E-state index contributed by atoms with van der Waals surface area (Å²) in [6.07, 6.45) is 4.44. The molecule has 0 atom stereocenters. The summed E-state index contributed by atoms with van der Waals surface area (Å²) in [7, 11) is 0. The maximum atomic E-state index is 11.9. The Bertz CT molecular complexity index is 1090. The summed E-state index contributed by atoms with van der Waals surface area (Å²) in [5, 5.41) is 16.6. The fraction of sp³-hybridized carbons (Fsp3) is 0. The van der Waals surface area contributed by atoms with Gasteiger partial charge < -0.3 is 5.32 Å². The van der Waals surface area contributed by atoms with Crippen molar-refractivity contribution >= 4 is 34.4 Å². The van der Waals surface area contributed by atoms with Crippen molar-refractivity contribution in [3.05, 3.63) is 102 Å². The lowest BCUT2D eigenvalue weighted by atomic mass is 10.2. The van der Waals surface area contributed by atoms with Crippen molar-refractivity contribution in [1.82, 2.24) is 15.0 Å². The molecule has 30 heavy (non-hydrogen) atoms. The Morgan fingerprint density at radius 2 is 1.37 bits per heavy atom. The maximum absolute atomic E-state index is 11.9. The van der Waals surface area contributed by atoms with E-state index in [1.165, 1.54) is 6.33 Å². The molecule has 0 fully saturated rings. The van der Waals surface area contributed by atoms with Crippen LogP contribution in [0.1, 0.15) is 0 Å². The van der Waals surface area contributed by atoms with Gasteiger partial charge >= 0.3 is 5.69 Å². The molecule has 4 rings (SSSR count). The monoisotopic (exact) mass is 399 g/mol. The number of pyridine rings is 1. The summed E-state index contributed by atoms with van der Waals surface area (Å²) in [6.45, 7) is 0. The predicted octanol–water partition coefficient (Wildman–Crippen LogP) is 4.69. The molecule has 0 aliphatic carbocycles. The van der Waals surface area contributed by atoms with Crippen molar-refractivity contribution in [1.29, 1.82) is 0 Å². The van der Waals surface area contributed by atoms with Gasteiger partial charge in [0, 0.05) is 18.1 Å². The number of anilines is 5. The summed E-state index contributed by atoms with van der Waals surface area (Å²) >= 11 is 0. The van der Waals surface area contributed by atoms with E-state index >= 15 is 0 Å². The van der Waals surface area contributed by atoms with Crippen molar-refractivity contribution in [2.75, 3.05) is 15.8 Å². The van der Waals surface area contributed by atoms with Crippen molar-refractivity contribution in [3.8, 4) is 0 Å². The predicted molar refractivity (Wildman–Crippen MR) is 115 cm³/mol. The number of hydrogen-bond donors (Lipinski definition) is 2. The van der Waals surface area contributed by atoms with E-state index in [0.29, 0.717) is 5.69 Å². The second-order valence-corrected chi connectivity index (χ2v) is 6.16. The lowest BCUT2D eigenvalue weighted by molar-refractivity contribution is -0.383. The SMILES string of the molecule is O=[N+]([O-])c1c(Nc2ccncc2)ncnc1NN(c1ccccc1)c1ccccc1. The van der Waals surface area contributed by atoms with Gasteiger partial charge in [0.2, 0.25) is 11.6 Å². The zero-order chi connectivity index (χ0) is 20.8. The van der Waals surface area contributed by atoms with Crippen LogP contribution in [0.25, 0.3) is 0 Å². The van der Waals surface area contributed by atoms with E-state index in [1.807, 2.05) is 60.7 Å². The molecule has 0 aliphatic rings. The van der Waals surface area contributed by atoms with Gasteiger partial charge in [0.25, 0.3) is 0 Å². The van der Waals surface area contributed by atoms with Gasteiger partial charge in [-0.25, -0.2) is 9.97 Å². The Hall–Kier alpha value is -4.53. The van der Waals surface area contributed by atoms with E-state index in [2.05, 4.69) is 25.7 Å². The van der Waals surface area contributed by atoms with E-state index in [0.717, 1.165) is 11.4 Å². The third-order valence-electron chi connectivity index (χ3n) is 4.19. The van der Waals surface area contributed by atoms with E-state index in [1.54, 1.807) is 29.5 Å². The zero-order valence-corrected chi connectivity index (χ0v) is 15.7. The standard InChI is InChI=1S/C21H17N7O2/c29-28(30)19-20(25-16-11-13-22-14-12-16)23-15-24-21(19)26-27(17-7-3-1-4-8-17)18-9-5-2-6-10-18/h1-15H,(H2,22,23,24,25,26). The Labute approximate surface area is 172 Å². The number of hydrogen-bond acceptors (Lipinski definition) is 8. The topological polar surface area (TPSA) is 109 Å². The van der Waals surface area contributed by atoms with Crippen LogP contribution in [-0.2, 0) is 0 Å². The van der Waals surface area contributed by atoms with E-state index < -0.39 is 4.92 Å². The van der Waals surface area contributed by atoms with Crippen molar-refractivity contribution in [2.45, 2.75) is 0 Å². The highest BCUT2D eigenvalue weighted by Crippen LogP contribution is 2.33. The minimum Gasteiger partial charge on any atom is -0.334 e. The molecule has 9 nitrogen and oxygen atoms in total. The molecular weight excluding hydrogens is 382 g/mol. The summed E-state index contributed by atoms with van der Waals surface area (Å²) in [5.74, 6) is 0.129. The van der Waals surface area contributed by atoms with Gasteiger partial charge in [0.05, 0.1) is 16.3 Å². The number of aromatic nitrogens is 3. The van der Waals surface area contributed by atoms with Gasteiger partial charge in [0.1, 0.15) is 6.33 Å². The molecule has 2 aromatic carbocycles. The van der Waals surface area contributed by atoms with Crippen LogP contribution in [-0.4, -0.2) is 19.9 Å². The van der Waals surface area contributed by atoms with Crippen molar-refractivity contribution < 1.29 is 4.92 Å². The molecule has 148 valence electrons. The third kappa shape index (κ3) is 4.14. The molecule has 9 heteroatoms. The molecule has 0 saturated carbocycles. The number of rotatable bonds is 7. The number of para-hydroxylation sites is 2. The molecular formula is C21H17N7O2. The summed E-state index contributed by atoms with van der Waals surface area (Å²) in [5.41, 5.74) is 5.01. The molecule has 0 amide bonds. The number of hydrazine groups is 1. The van der Waals surface area contributed by atoms with Crippen LogP contribution in [0.5, 0.6) is 0 Å². The van der Waals surface area contributed by atoms with Crippen LogP contribution in [0.4, 0.5) is 34.4 Å². The van der Waals surface area contributed by atoms with Crippen LogP contribution >= 0.6 is 0 Å². The molecule has 2 heterocycles. The van der Waals surface area contributed by atoms with Gasteiger partial charge in [-0.3, -0.25) is 25.5 Å². The number of nitrogens with zero attached hydrogens (tertiary/aromatic N) is 5. The van der Waals surface area contributed by atoms with Crippen LogP contribution in [0, 0.1) is 10.1 Å². The molecule has 2 aromatic heterocycles. The Morgan fingerprint density at radius 3 is 1.93 bits per heavy atom. The maximum Gasteiger partial charge on any atom is 0.355 e. The van der Waals surface area contributed by atoms with E-state index in [4.69, 9.17) is 0 Å². The highest BCUT2D eigenvalue weighted by Gasteiger charge is 2.25. The second-order valence-electron chi connectivity index (χ2n) is 6.16. The fourth-order valence-corrected chi connectivity index (χ4v) is 2.84. The molecule has 0 saturated heterocycles. The van der Waals surface area contributed by atoms with E-state index in [9.17, 15) is 10.1 Å². The van der Waals surface area contributed by atoms with Gasteiger partial charge in [-0.05, 0) is 36.4 Å². The lowest BCUT2D eigenvalue weighted by Gasteiger charge is -2.26. The molecule has 0 bridgehead atoms. The molecule has 2 N–H and O–H groups in total. The quantitative estimate of drug-likeness (QED) is 0.340. The number of nitrogens with one attached hydrogen (secondary N) is 2. The number of benzene rings is 2. The molecule has 0 radical (unpaired) electrons. The highest BCUT2D eigenvalue weighted by molar-refractivity contribution is 5.77. The first-order valence-electron chi connectivity index (χ1n) is 9.05. The second kappa shape index (κ2) is 8.65. The van der Waals surface area contributed by atoms with Gasteiger partial charge in [-0.15, -0.1) is 0 Å². The van der Waals surface area contributed by atoms with Crippen molar-refractivity contribution in [3.63, 3.8) is 0 Å². The summed E-state index contributed by atoms with van der Waals surface area (Å²) < 4.78 is 0. The minimum absolute atomic E-state index is 0.0549. The number of nitro groups is 1. The van der Waals surface area contributed by atoms with Crippen LogP contribution in [0.3, 0.4) is 0 Å². The molecule has 0 unspecified atom stereocenters. The lowest BCUT2D eigenvalue weighted by Crippen LogP contribution is -2.26. The first-order valence-corrected chi connectivity index (χ1v) is 9.05. The Kier molecular flexibility index (Phi) is 5.43. The third-order valence-corrected chi connectivity index (χ3v) is 4.19. The van der Waals surface area contributed by atoms with Gasteiger partial charge in [-0.1, -0.05) is 36.4 Å². The highest BCUT2D eigenvalue weighted by atomic mass is 16.6. The summed E-state index contributed by atoms with van der Waals surface area (Å²) in [4.78, 5) is 23.5. The first-order chi connectivity index (χ1) is 14.7. The molecule has 4 aromatic rings. The van der Waals surface area contributed by atoms with Crippen molar-refractivity contribution in [2.24, 2.45) is 0 Å². The Balaban J connectivity index is 1.75. The van der Waals surface area contributed by atoms with Gasteiger partial charge in [0.15, 0.2) is 0 Å². The summed E-state index contributed by atoms with van der Waals surface area (Å²) in [6, 6.07) is 22.3. The largest absolute Gasteiger partial charge is 0.355 e. The fourth-order valence-electron chi connectivity index (χ4n) is 2.84. The van der Waals surface area contributed by atoms with Crippen LogP contribution in [0.2, 0.25) is 0 Å².